The number of ketones is 1. The highest BCUT2D eigenvalue weighted by Gasteiger charge is 2.37. The number of Topliss-reactive ketones (excluding diaryl/α,β-unsaturated/α-hetero) is 1. The van der Waals surface area contributed by atoms with E-state index in [4.69, 9.17) is 14.0 Å². The van der Waals surface area contributed by atoms with E-state index < -0.39 is 11.5 Å². The fourth-order valence-corrected chi connectivity index (χ4v) is 2.55. The van der Waals surface area contributed by atoms with E-state index >= 15 is 0 Å². The molecule has 0 N–H and O–H groups in total. The fourth-order valence-electron chi connectivity index (χ4n) is 2.55. The van der Waals surface area contributed by atoms with Crippen LogP contribution >= 0.6 is 0 Å². The summed E-state index contributed by atoms with van der Waals surface area (Å²) in [7, 11) is 0. The van der Waals surface area contributed by atoms with Crippen molar-refractivity contribution in [2.75, 3.05) is 19.8 Å². The van der Waals surface area contributed by atoms with Crippen molar-refractivity contribution in [1.82, 2.24) is 10.1 Å². The van der Waals surface area contributed by atoms with Gasteiger partial charge in [0.05, 0.1) is 13.2 Å². The van der Waals surface area contributed by atoms with Gasteiger partial charge in [0.15, 0.2) is 0 Å². The Balaban J connectivity index is 1.80. The molecule has 0 aliphatic carbocycles. The zero-order valence-corrected chi connectivity index (χ0v) is 11.1. The van der Waals surface area contributed by atoms with Crippen LogP contribution in [0.3, 0.4) is 0 Å². The van der Waals surface area contributed by atoms with Gasteiger partial charge in [-0.15, -0.1) is 0 Å². The summed E-state index contributed by atoms with van der Waals surface area (Å²) in [5.74, 6) is 0.592. The van der Waals surface area contributed by atoms with E-state index in [9.17, 15) is 4.79 Å². The number of carbonyl (C=O) groups is 1. The summed E-state index contributed by atoms with van der Waals surface area (Å²) >= 11 is 0. The highest BCUT2D eigenvalue weighted by atomic mass is 16.5. The molecule has 6 nitrogen and oxygen atoms in total. The van der Waals surface area contributed by atoms with Crippen molar-refractivity contribution in [3.8, 4) is 0 Å². The normalized spacial score (nSPS) is 32.5. The van der Waals surface area contributed by atoms with E-state index in [1.165, 1.54) is 0 Å². The number of ether oxygens (including phenoxy) is 2. The number of aromatic nitrogens is 2. The molecule has 1 aromatic rings. The van der Waals surface area contributed by atoms with Crippen molar-refractivity contribution in [1.29, 1.82) is 0 Å². The van der Waals surface area contributed by atoms with Crippen LogP contribution in [0.2, 0.25) is 0 Å². The quantitative estimate of drug-likeness (QED) is 0.808. The Hall–Kier alpha value is -1.27. The van der Waals surface area contributed by atoms with Gasteiger partial charge in [0.2, 0.25) is 11.7 Å². The van der Waals surface area contributed by atoms with Crippen molar-refractivity contribution in [2.24, 2.45) is 0 Å². The predicted molar refractivity (Wildman–Crippen MR) is 64.6 cm³/mol. The summed E-state index contributed by atoms with van der Waals surface area (Å²) in [4.78, 5) is 16.2. The van der Waals surface area contributed by atoms with Gasteiger partial charge in [0.25, 0.3) is 0 Å². The van der Waals surface area contributed by atoms with Crippen LogP contribution in [0, 0.1) is 0 Å². The third-order valence-electron chi connectivity index (χ3n) is 3.85. The molecule has 2 unspecified atom stereocenters. The maximum Gasteiger partial charge on any atom is 0.239 e. The average Bonchev–Trinajstić information content (AvgIpc) is 2.90. The van der Waals surface area contributed by atoms with E-state index in [-0.39, 0.29) is 5.78 Å². The molecule has 3 rings (SSSR count). The Kier molecular flexibility index (Phi) is 3.36. The predicted octanol–water partition coefficient (Wildman–Crippen LogP) is 1.56. The third-order valence-corrected chi connectivity index (χ3v) is 3.85. The van der Waals surface area contributed by atoms with Gasteiger partial charge >= 0.3 is 0 Å². The summed E-state index contributed by atoms with van der Waals surface area (Å²) in [5, 5.41) is 4.00. The lowest BCUT2D eigenvalue weighted by Crippen LogP contribution is -2.31. The van der Waals surface area contributed by atoms with Crippen molar-refractivity contribution < 1.29 is 18.8 Å². The van der Waals surface area contributed by atoms with Gasteiger partial charge in [0.1, 0.15) is 17.3 Å². The summed E-state index contributed by atoms with van der Waals surface area (Å²) in [5.41, 5.74) is -0.488. The minimum Gasteiger partial charge on any atom is -0.380 e. The summed E-state index contributed by atoms with van der Waals surface area (Å²) < 4.78 is 16.3. The Morgan fingerprint density at radius 1 is 1.32 bits per heavy atom. The second kappa shape index (κ2) is 5.02. The van der Waals surface area contributed by atoms with Gasteiger partial charge in [-0.1, -0.05) is 5.16 Å². The molecule has 6 heteroatoms. The number of rotatable bonds is 2. The van der Waals surface area contributed by atoms with Crippen molar-refractivity contribution >= 4 is 5.78 Å². The van der Waals surface area contributed by atoms with E-state index in [0.29, 0.717) is 38.0 Å². The molecule has 0 spiro atoms. The van der Waals surface area contributed by atoms with Crippen LogP contribution in [0.1, 0.15) is 50.2 Å². The van der Waals surface area contributed by atoms with E-state index in [1.54, 1.807) is 0 Å². The highest BCUT2D eigenvalue weighted by Crippen LogP contribution is 2.33. The monoisotopic (exact) mass is 266 g/mol. The molecule has 2 fully saturated rings. The molecule has 0 amide bonds. The largest absolute Gasteiger partial charge is 0.380 e. The molecule has 2 aliphatic rings. The maximum atomic E-state index is 11.8. The first kappa shape index (κ1) is 12.7. The lowest BCUT2D eigenvalue weighted by atomic mass is 9.95. The van der Waals surface area contributed by atoms with Crippen molar-refractivity contribution in [3.05, 3.63) is 11.7 Å². The highest BCUT2D eigenvalue weighted by molar-refractivity contribution is 5.85. The van der Waals surface area contributed by atoms with Crippen LogP contribution in [0.4, 0.5) is 0 Å². The maximum absolute atomic E-state index is 11.8. The number of hydrogen-bond donors (Lipinski definition) is 0. The SMILES string of the molecule is CC1(c2noc(C3COCCC3=O)n2)CCCCO1. The van der Waals surface area contributed by atoms with Crippen LogP contribution in [0.25, 0.3) is 0 Å². The smallest absolute Gasteiger partial charge is 0.239 e. The zero-order valence-electron chi connectivity index (χ0n) is 11.1. The average molecular weight is 266 g/mol. The van der Waals surface area contributed by atoms with Gasteiger partial charge in [-0.3, -0.25) is 4.79 Å². The van der Waals surface area contributed by atoms with Crippen LogP contribution in [0.15, 0.2) is 4.52 Å². The number of carbonyl (C=O) groups excluding carboxylic acids is 1. The molecule has 2 saturated heterocycles. The molecule has 0 bridgehead atoms. The van der Waals surface area contributed by atoms with Gasteiger partial charge in [-0.25, -0.2) is 0 Å². The molecule has 19 heavy (non-hydrogen) atoms. The topological polar surface area (TPSA) is 74.5 Å². The Bertz CT molecular complexity index is 465. The molecule has 2 atom stereocenters. The lowest BCUT2D eigenvalue weighted by molar-refractivity contribution is -0.127. The Labute approximate surface area is 111 Å². The van der Waals surface area contributed by atoms with Gasteiger partial charge in [0, 0.05) is 13.0 Å². The number of nitrogens with zero attached hydrogens (tertiary/aromatic N) is 2. The molecule has 1 aromatic heterocycles. The number of hydrogen-bond acceptors (Lipinski definition) is 6. The summed E-state index contributed by atoms with van der Waals surface area (Å²) in [6.07, 6.45) is 3.44. The van der Waals surface area contributed by atoms with Gasteiger partial charge < -0.3 is 14.0 Å². The Morgan fingerprint density at radius 2 is 2.21 bits per heavy atom. The second-order valence-electron chi connectivity index (χ2n) is 5.34. The minimum atomic E-state index is -0.488. The molecular formula is C13H18N2O4. The molecule has 0 aromatic carbocycles. The lowest BCUT2D eigenvalue weighted by Gasteiger charge is -2.30. The van der Waals surface area contributed by atoms with Crippen LogP contribution in [-0.4, -0.2) is 35.7 Å². The minimum absolute atomic E-state index is 0.108. The third kappa shape index (κ3) is 2.42. The first-order chi connectivity index (χ1) is 9.19. The van der Waals surface area contributed by atoms with E-state index in [0.717, 1.165) is 19.3 Å². The standard InChI is InChI=1S/C13H18N2O4/c1-13(5-2-3-6-18-13)12-14-11(19-15-12)9-8-17-7-4-10(9)16/h9H,2-8H2,1H3. The van der Waals surface area contributed by atoms with Crippen LogP contribution in [0.5, 0.6) is 0 Å². The van der Waals surface area contributed by atoms with E-state index in [2.05, 4.69) is 10.1 Å². The van der Waals surface area contributed by atoms with Gasteiger partial charge in [-0.05, 0) is 26.2 Å². The molecule has 104 valence electrons. The second-order valence-corrected chi connectivity index (χ2v) is 5.34. The Morgan fingerprint density at radius 3 is 2.95 bits per heavy atom. The van der Waals surface area contributed by atoms with Crippen LogP contribution < -0.4 is 0 Å². The molecule has 0 saturated carbocycles. The molecular weight excluding hydrogens is 248 g/mol. The molecule has 2 aliphatic heterocycles. The zero-order chi connectivity index (χ0) is 13.3. The van der Waals surface area contributed by atoms with E-state index in [1.807, 2.05) is 6.92 Å². The van der Waals surface area contributed by atoms with Crippen molar-refractivity contribution in [3.63, 3.8) is 0 Å². The van der Waals surface area contributed by atoms with Crippen molar-refractivity contribution in [2.45, 2.75) is 44.1 Å². The first-order valence-electron chi connectivity index (χ1n) is 6.77. The fraction of sp³-hybridized carbons (Fsp3) is 0.769. The first-order valence-corrected chi connectivity index (χ1v) is 6.77. The summed E-state index contributed by atoms with van der Waals surface area (Å²) in [6, 6.07) is 0. The summed E-state index contributed by atoms with van der Waals surface area (Å²) in [6.45, 7) is 3.50. The van der Waals surface area contributed by atoms with Crippen LogP contribution in [-0.2, 0) is 19.9 Å². The molecule has 0 radical (unpaired) electrons. The molecule has 3 heterocycles. The van der Waals surface area contributed by atoms with Gasteiger partial charge in [-0.2, -0.15) is 4.98 Å².